The summed E-state index contributed by atoms with van der Waals surface area (Å²) >= 11 is 0. The number of hydrogen-bond donors (Lipinski definition) is 0. The molecule has 4 fully saturated rings. The fraction of sp³-hybridized carbons (Fsp3) is 0.897. The van der Waals surface area contributed by atoms with Crippen LogP contribution in [0.2, 0.25) is 0 Å². The Kier molecular flexibility index (Phi) is 7.30. The van der Waals surface area contributed by atoms with Gasteiger partial charge in [-0.3, -0.25) is 0 Å². The topological polar surface area (TPSA) is 0 Å². The zero-order chi connectivity index (χ0) is 20.8. The van der Waals surface area contributed by atoms with Crippen molar-refractivity contribution >= 4 is 8.41 Å². The average Bonchev–Trinajstić information content (AvgIpc) is 2.64. The Labute approximate surface area is 221 Å². The molecule has 2 heteroatoms. The Bertz CT molecular complexity index is 710. The van der Waals surface area contributed by atoms with E-state index in [1.165, 1.54) is 64.2 Å². The molecule has 31 heavy (non-hydrogen) atoms. The minimum atomic E-state index is 0. The van der Waals surface area contributed by atoms with E-state index in [0.29, 0.717) is 21.7 Å². The van der Waals surface area contributed by atoms with Gasteiger partial charge in [0.05, 0.1) is 0 Å². The molecule has 0 amide bonds. The molecule has 170 valence electrons. The monoisotopic (exact) mass is 495 g/mol. The molecule has 4 saturated carbocycles. The van der Waals surface area contributed by atoms with E-state index in [4.69, 9.17) is 0 Å². The molecule has 0 spiro atoms. The summed E-state index contributed by atoms with van der Waals surface area (Å²) in [5.41, 5.74) is 3.94. The van der Waals surface area contributed by atoms with Crippen molar-refractivity contribution in [2.45, 2.75) is 113 Å². The molecule has 0 nitrogen and oxygen atoms in total. The summed E-state index contributed by atoms with van der Waals surface area (Å²) in [5.74, 6) is 6.30. The third kappa shape index (κ3) is 3.50. The second-order valence-corrected chi connectivity index (χ2v) is 13.6. The summed E-state index contributed by atoms with van der Waals surface area (Å²) in [6, 6.07) is 0. The van der Waals surface area contributed by atoms with Gasteiger partial charge in [-0.25, -0.2) is 0 Å². The van der Waals surface area contributed by atoms with Gasteiger partial charge in [0.1, 0.15) is 0 Å². The van der Waals surface area contributed by atoms with E-state index in [2.05, 4.69) is 54.5 Å². The first-order chi connectivity index (χ1) is 13.5. The number of hydrogen-bond acceptors (Lipinski definition) is 0. The molecule has 5 aliphatic carbocycles. The Morgan fingerprint density at radius 1 is 0.871 bits per heavy atom. The first-order valence-corrected chi connectivity index (χ1v) is 13.1. The molecule has 8 atom stereocenters. The molecule has 5 rings (SSSR count). The Morgan fingerprint density at radius 2 is 1.58 bits per heavy atom. The van der Waals surface area contributed by atoms with Gasteiger partial charge in [0.15, 0.2) is 0 Å². The van der Waals surface area contributed by atoms with Crippen molar-refractivity contribution in [3.8, 4) is 0 Å². The average molecular weight is 495 g/mol. The van der Waals surface area contributed by atoms with Gasteiger partial charge in [-0.1, -0.05) is 85.3 Å². The fourth-order valence-electron chi connectivity index (χ4n) is 10.3. The van der Waals surface area contributed by atoms with Crippen LogP contribution in [-0.4, -0.2) is 8.41 Å². The van der Waals surface area contributed by atoms with Crippen LogP contribution in [0.3, 0.4) is 0 Å². The van der Waals surface area contributed by atoms with Gasteiger partial charge in [-0.2, -0.15) is 12.8 Å². The van der Waals surface area contributed by atoms with Crippen LogP contribution >= 0.6 is 0 Å². The van der Waals surface area contributed by atoms with Gasteiger partial charge in [-0.05, 0) is 71.5 Å². The zero-order valence-corrected chi connectivity index (χ0v) is 24.5. The number of allylic oxidation sites excluding steroid dienone is 2. The maximum absolute atomic E-state index is 2.83. The normalized spacial score (nSPS) is 50.9. The second kappa shape index (κ2) is 8.54. The van der Waals surface area contributed by atoms with E-state index >= 15 is 0 Å². The molecule has 0 aliphatic heterocycles. The fourth-order valence-corrected chi connectivity index (χ4v) is 10.3. The van der Waals surface area contributed by atoms with Gasteiger partial charge in [0.25, 0.3) is 0 Å². The largest absolute Gasteiger partial charge is 0.306 e. The van der Waals surface area contributed by atoms with Crippen molar-refractivity contribution in [3.63, 3.8) is 0 Å². The number of fused-ring (bicyclic) bond motifs is 7. The maximum atomic E-state index is 2.83. The van der Waals surface area contributed by atoms with Crippen LogP contribution in [0, 0.1) is 57.2 Å². The third-order valence-corrected chi connectivity index (χ3v) is 12.3. The molecule has 0 saturated heterocycles. The standard InChI is InChI=1S/C29H47.B.Y/c1-19-9-10-21-13-17-28(6)22(25(21)20(19)2)11-12-24-27(5)16-8-15-26(3,4)23(27)14-18-29(24,28)7;;/h11,19-20,23-25H,8-10,12-18H2,1-7H3;;/q-1;;/t19-,20+,23+,24-,25?,27+,28-,29-;;/m1../s1. The van der Waals surface area contributed by atoms with E-state index in [9.17, 15) is 0 Å². The maximum Gasteiger partial charge on any atom is 0 e. The molecular formula is C29H47BY-. The van der Waals surface area contributed by atoms with Gasteiger partial charge in [0, 0.05) is 41.1 Å². The quantitative estimate of drug-likeness (QED) is 0.180. The molecule has 4 radical (unpaired) electrons. The summed E-state index contributed by atoms with van der Waals surface area (Å²) in [7, 11) is 0. The first kappa shape index (κ1) is 26.5. The Hall–Kier alpha value is 0.909. The van der Waals surface area contributed by atoms with Crippen molar-refractivity contribution < 1.29 is 32.7 Å². The molecule has 0 aromatic heterocycles. The Balaban J connectivity index is 0.00000136. The molecular weight excluding hydrogens is 448 g/mol. The van der Waals surface area contributed by atoms with Crippen LogP contribution in [0.15, 0.2) is 11.6 Å². The van der Waals surface area contributed by atoms with Crippen molar-refractivity contribution in [2.75, 3.05) is 0 Å². The summed E-state index contributed by atoms with van der Waals surface area (Å²) in [6.07, 6.45) is 17.2. The zero-order valence-electron chi connectivity index (χ0n) is 21.7. The summed E-state index contributed by atoms with van der Waals surface area (Å²) < 4.78 is 0. The van der Waals surface area contributed by atoms with E-state index in [-0.39, 0.29) is 41.1 Å². The molecule has 0 aromatic rings. The molecule has 0 aromatic carbocycles. The van der Waals surface area contributed by atoms with Crippen molar-refractivity contribution in [1.29, 1.82) is 0 Å². The second-order valence-electron chi connectivity index (χ2n) is 13.6. The summed E-state index contributed by atoms with van der Waals surface area (Å²) in [4.78, 5) is 0. The van der Waals surface area contributed by atoms with Crippen LogP contribution in [0.1, 0.15) is 113 Å². The van der Waals surface area contributed by atoms with Gasteiger partial charge >= 0.3 is 0 Å². The van der Waals surface area contributed by atoms with Crippen molar-refractivity contribution in [3.05, 3.63) is 17.6 Å². The van der Waals surface area contributed by atoms with Crippen LogP contribution < -0.4 is 0 Å². The van der Waals surface area contributed by atoms with Crippen molar-refractivity contribution in [1.82, 2.24) is 0 Å². The van der Waals surface area contributed by atoms with E-state index in [0.717, 1.165) is 29.6 Å². The van der Waals surface area contributed by atoms with E-state index in [1.807, 2.05) is 11.5 Å². The third-order valence-electron chi connectivity index (χ3n) is 12.3. The minimum Gasteiger partial charge on any atom is -0.306 e. The predicted octanol–water partition coefficient (Wildman–Crippen LogP) is 8.24. The SMILES string of the molecule is C[C@@H]1CC[C-]2CC[C@]3(C)C(=CC[C@@H]4[C@@]5(C)CCCC(C)(C)[C@@H]5CC[C@]43C)C2[C@H]1C.[B].[Y]. The van der Waals surface area contributed by atoms with Gasteiger partial charge in [-0.15, -0.1) is 5.92 Å². The van der Waals surface area contributed by atoms with Crippen molar-refractivity contribution in [2.24, 2.45) is 51.2 Å². The van der Waals surface area contributed by atoms with E-state index in [1.54, 1.807) is 0 Å². The summed E-state index contributed by atoms with van der Waals surface area (Å²) in [5, 5.41) is 0. The molecule has 0 bridgehead atoms. The molecule has 0 N–H and O–H groups in total. The Morgan fingerprint density at radius 3 is 2.29 bits per heavy atom. The van der Waals surface area contributed by atoms with Crippen LogP contribution in [-0.2, 0) is 32.7 Å². The van der Waals surface area contributed by atoms with Crippen LogP contribution in [0.25, 0.3) is 0 Å². The van der Waals surface area contributed by atoms with Crippen LogP contribution in [0.4, 0.5) is 0 Å². The predicted molar refractivity (Wildman–Crippen MR) is 130 cm³/mol. The first-order valence-electron chi connectivity index (χ1n) is 13.1. The van der Waals surface area contributed by atoms with Gasteiger partial charge in [0.2, 0.25) is 0 Å². The minimum absolute atomic E-state index is 0. The smallest absolute Gasteiger partial charge is 0 e. The van der Waals surface area contributed by atoms with E-state index < -0.39 is 0 Å². The van der Waals surface area contributed by atoms with Crippen LogP contribution in [0.5, 0.6) is 0 Å². The molecule has 1 unspecified atom stereocenters. The molecule has 0 heterocycles. The molecule has 5 aliphatic rings. The summed E-state index contributed by atoms with van der Waals surface area (Å²) in [6.45, 7) is 18.5. The number of rotatable bonds is 0. The van der Waals surface area contributed by atoms with Gasteiger partial charge < -0.3 is 5.92 Å².